The lowest BCUT2D eigenvalue weighted by Gasteiger charge is -2.09. The first-order chi connectivity index (χ1) is 10.7. The third kappa shape index (κ3) is 4.60. The maximum absolute atomic E-state index is 11.7. The number of nitrogens with zero attached hydrogens (tertiary/aromatic N) is 1. The normalized spacial score (nSPS) is 10.6. The molecule has 0 saturated carbocycles. The van der Waals surface area contributed by atoms with Crippen LogP contribution in [0.15, 0.2) is 40.8 Å². The van der Waals surface area contributed by atoms with Gasteiger partial charge >= 0.3 is 0 Å². The first-order valence-electron chi connectivity index (χ1n) is 6.88. The number of hydrogen-bond acceptors (Lipinski definition) is 5. The Hall–Kier alpha value is -2.34. The van der Waals surface area contributed by atoms with Crippen molar-refractivity contribution < 1.29 is 14.3 Å². The summed E-state index contributed by atoms with van der Waals surface area (Å²) in [6.45, 7) is 2.49. The largest absolute Gasteiger partial charge is 0.493 e. The molecular formula is C16H18N2O3S. The van der Waals surface area contributed by atoms with Gasteiger partial charge < -0.3 is 9.47 Å². The summed E-state index contributed by atoms with van der Waals surface area (Å²) in [6.07, 6.45) is 1.91. The summed E-state index contributed by atoms with van der Waals surface area (Å²) in [5.41, 5.74) is 3.33. The van der Waals surface area contributed by atoms with Crippen molar-refractivity contribution in [2.24, 2.45) is 5.10 Å². The van der Waals surface area contributed by atoms with E-state index in [9.17, 15) is 4.79 Å². The number of thiophene rings is 1. The number of methoxy groups -OCH3 is 1. The Kier molecular flexibility index (Phi) is 5.97. The van der Waals surface area contributed by atoms with Gasteiger partial charge in [0.2, 0.25) is 5.91 Å². The lowest BCUT2D eigenvalue weighted by Crippen LogP contribution is -2.19. The highest BCUT2D eigenvalue weighted by Gasteiger charge is 2.05. The van der Waals surface area contributed by atoms with E-state index in [-0.39, 0.29) is 5.91 Å². The maximum Gasteiger partial charge on any atom is 0.245 e. The molecule has 0 bridgehead atoms. The number of rotatable bonds is 7. The quantitative estimate of drug-likeness (QED) is 0.631. The molecule has 2 rings (SSSR count). The SMILES string of the molecule is CCOc1ccc(/C=N\NC(=O)Cc2cccs2)cc1OC. The molecule has 5 nitrogen and oxygen atoms in total. The lowest BCUT2D eigenvalue weighted by atomic mass is 10.2. The van der Waals surface area contributed by atoms with Crippen molar-refractivity contribution in [1.82, 2.24) is 5.43 Å². The van der Waals surface area contributed by atoms with Crippen molar-refractivity contribution in [2.45, 2.75) is 13.3 Å². The Bertz CT molecular complexity index is 639. The van der Waals surface area contributed by atoms with E-state index in [0.717, 1.165) is 10.4 Å². The van der Waals surface area contributed by atoms with E-state index in [1.807, 2.05) is 36.6 Å². The van der Waals surface area contributed by atoms with Gasteiger partial charge in [-0.25, -0.2) is 5.43 Å². The number of amides is 1. The number of benzene rings is 1. The highest BCUT2D eigenvalue weighted by molar-refractivity contribution is 7.10. The van der Waals surface area contributed by atoms with Crippen LogP contribution in [-0.2, 0) is 11.2 Å². The fourth-order valence-electron chi connectivity index (χ4n) is 1.83. The second-order valence-corrected chi connectivity index (χ2v) is 5.42. The van der Waals surface area contributed by atoms with Gasteiger partial charge in [-0.15, -0.1) is 11.3 Å². The predicted octanol–water partition coefficient (Wildman–Crippen LogP) is 2.85. The molecule has 0 aliphatic heterocycles. The molecule has 1 aromatic heterocycles. The second-order valence-electron chi connectivity index (χ2n) is 4.39. The predicted molar refractivity (Wildman–Crippen MR) is 87.9 cm³/mol. The molecule has 1 aromatic carbocycles. The number of ether oxygens (including phenoxy) is 2. The van der Waals surface area contributed by atoms with Crippen molar-refractivity contribution in [3.8, 4) is 11.5 Å². The van der Waals surface area contributed by atoms with E-state index in [4.69, 9.17) is 9.47 Å². The van der Waals surface area contributed by atoms with Crippen LogP contribution >= 0.6 is 11.3 Å². The maximum atomic E-state index is 11.7. The second kappa shape index (κ2) is 8.19. The lowest BCUT2D eigenvalue weighted by molar-refractivity contribution is -0.120. The fourth-order valence-corrected chi connectivity index (χ4v) is 2.53. The van der Waals surface area contributed by atoms with E-state index < -0.39 is 0 Å². The van der Waals surface area contributed by atoms with Gasteiger partial charge in [-0.05, 0) is 42.1 Å². The number of hydrogen-bond donors (Lipinski definition) is 1. The molecular weight excluding hydrogens is 300 g/mol. The molecule has 0 radical (unpaired) electrons. The summed E-state index contributed by atoms with van der Waals surface area (Å²) in [5, 5.41) is 5.90. The Morgan fingerprint density at radius 1 is 1.36 bits per heavy atom. The molecule has 0 unspecified atom stereocenters. The van der Waals surface area contributed by atoms with Gasteiger partial charge in [-0.3, -0.25) is 4.79 Å². The Morgan fingerprint density at radius 3 is 2.91 bits per heavy atom. The summed E-state index contributed by atoms with van der Waals surface area (Å²) in [7, 11) is 1.58. The zero-order valence-electron chi connectivity index (χ0n) is 12.5. The van der Waals surface area contributed by atoms with Gasteiger partial charge in [0.05, 0.1) is 26.4 Å². The van der Waals surface area contributed by atoms with Crippen molar-refractivity contribution in [2.75, 3.05) is 13.7 Å². The molecule has 116 valence electrons. The minimum Gasteiger partial charge on any atom is -0.493 e. The average Bonchev–Trinajstić information content (AvgIpc) is 3.01. The van der Waals surface area contributed by atoms with Gasteiger partial charge in [-0.2, -0.15) is 5.10 Å². The number of carbonyl (C=O) groups excluding carboxylic acids is 1. The molecule has 22 heavy (non-hydrogen) atoms. The van der Waals surface area contributed by atoms with Crippen LogP contribution in [0.5, 0.6) is 11.5 Å². The Balaban J connectivity index is 1.93. The monoisotopic (exact) mass is 318 g/mol. The molecule has 6 heteroatoms. The van der Waals surface area contributed by atoms with E-state index in [0.29, 0.717) is 24.5 Å². The molecule has 0 aliphatic rings. The molecule has 0 spiro atoms. The van der Waals surface area contributed by atoms with E-state index in [2.05, 4.69) is 10.5 Å². The van der Waals surface area contributed by atoms with Crippen LogP contribution in [0.1, 0.15) is 17.4 Å². The minimum atomic E-state index is -0.142. The number of carbonyl (C=O) groups is 1. The van der Waals surface area contributed by atoms with E-state index in [1.54, 1.807) is 30.7 Å². The number of nitrogens with one attached hydrogen (secondary N) is 1. The van der Waals surface area contributed by atoms with Gasteiger partial charge in [0.25, 0.3) is 0 Å². The molecule has 1 amide bonds. The van der Waals surface area contributed by atoms with Crippen molar-refractivity contribution in [3.63, 3.8) is 0 Å². The summed E-state index contributed by atoms with van der Waals surface area (Å²) < 4.78 is 10.7. The molecule has 0 saturated heterocycles. The third-order valence-corrected chi connectivity index (χ3v) is 3.68. The van der Waals surface area contributed by atoms with Crippen LogP contribution in [0.25, 0.3) is 0 Å². The van der Waals surface area contributed by atoms with Crippen LogP contribution in [0.2, 0.25) is 0 Å². The van der Waals surface area contributed by atoms with Crippen LogP contribution in [0, 0.1) is 0 Å². The summed E-state index contributed by atoms with van der Waals surface area (Å²) >= 11 is 1.55. The van der Waals surface area contributed by atoms with Crippen molar-refractivity contribution in [1.29, 1.82) is 0 Å². The highest BCUT2D eigenvalue weighted by atomic mass is 32.1. The van der Waals surface area contributed by atoms with Crippen molar-refractivity contribution in [3.05, 3.63) is 46.2 Å². The van der Waals surface area contributed by atoms with Gasteiger partial charge in [-0.1, -0.05) is 6.07 Å². The zero-order valence-corrected chi connectivity index (χ0v) is 13.4. The first-order valence-corrected chi connectivity index (χ1v) is 7.76. The molecule has 0 atom stereocenters. The molecule has 0 fully saturated rings. The smallest absolute Gasteiger partial charge is 0.245 e. The van der Waals surface area contributed by atoms with Gasteiger partial charge in [0, 0.05) is 4.88 Å². The fraction of sp³-hybridized carbons (Fsp3) is 0.250. The minimum absolute atomic E-state index is 0.142. The van der Waals surface area contributed by atoms with Gasteiger partial charge in [0.1, 0.15) is 0 Å². The van der Waals surface area contributed by atoms with Crippen LogP contribution in [0.3, 0.4) is 0 Å². The summed E-state index contributed by atoms with van der Waals surface area (Å²) in [6, 6.07) is 9.31. The highest BCUT2D eigenvalue weighted by Crippen LogP contribution is 2.27. The Labute approximate surface area is 133 Å². The first kappa shape index (κ1) is 16.0. The topological polar surface area (TPSA) is 59.9 Å². The molecule has 0 aliphatic carbocycles. The number of hydrazone groups is 1. The van der Waals surface area contributed by atoms with Crippen LogP contribution < -0.4 is 14.9 Å². The van der Waals surface area contributed by atoms with Crippen LogP contribution in [0.4, 0.5) is 0 Å². The van der Waals surface area contributed by atoms with Gasteiger partial charge in [0.15, 0.2) is 11.5 Å². The molecule has 1 N–H and O–H groups in total. The van der Waals surface area contributed by atoms with Crippen LogP contribution in [-0.4, -0.2) is 25.8 Å². The summed E-state index contributed by atoms with van der Waals surface area (Å²) in [5.74, 6) is 1.18. The molecule has 2 aromatic rings. The van der Waals surface area contributed by atoms with E-state index >= 15 is 0 Å². The van der Waals surface area contributed by atoms with Crippen molar-refractivity contribution >= 4 is 23.5 Å². The standard InChI is InChI=1S/C16H18N2O3S/c1-3-21-14-7-6-12(9-15(14)20-2)11-17-18-16(19)10-13-5-4-8-22-13/h4-9,11H,3,10H2,1-2H3,(H,18,19)/b17-11-. The average molecular weight is 318 g/mol. The summed E-state index contributed by atoms with van der Waals surface area (Å²) in [4.78, 5) is 12.7. The van der Waals surface area contributed by atoms with E-state index in [1.165, 1.54) is 0 Å². The molecule has 1 heterocycles. The third-order valence-electron chi connectivity index (χ3n) is 2.81. The zero-order chi connectivity index (χ0) is 15.8. The Morgan fingerprint density at radius 2 is 2.23 bits per heavy atom.